The highest BCUT2D eigenvalue weighted by Crippen LogP contribution is 2.53. The Morgan fingerprint density at radius 1 is 1.43 bits per heavy atom. The van der Waals surface area contributed by atoms with Crippen LogP contribution in [-0.4, -0.2) is 31.9 Å². The van der Waals surface area contributed by atoms with Crippen LogP contribution in [0.3, 0.4) is 0 Å². The zero-order chi connectivity index (χ0) is 15.0. The number of carbonyl (C=O) groups is 1. The maximum absolute atomic E-state index is 12.4. The highest BCUT2D eigenvalue weighted by atomic mass is 16.6. The second-order valence-corrected chi connectivity index (χ2v) is 6.52. The predicted octanol–water partition coefficient (Wildman–Crippen LogP) is 2.80. The summed E-state index contributed by atoms with van der Waals surface area (Å²) in [4.78, 5) is 12.4. The van der Waals surface area contributed by atoms with E-state index in [1.165, 1.54) is 0 Å². The number of esters is 1. The summed E-state index contributed by atoms with van der Waals surface area (Å²) >= 11 is 0. The average molecular weight is 290 g/mol. The fourth-order valence-corrected chi connectivity index (χ4v) is 3.66. The molecule has 4 heteroatoms. The first kappa shape index (κ1) is 14.5. The topological polar surface area (TPSA) is 44.8 Å². The van der Waals surface area contributed by atoms with E-state index in [1.54, 1.807) is 13.2 Å². The molecule has 4 nitrogen and oxygen atoms in total. The largest absolute Gasteiger partial charge is 0.458 e. The second-order valence-electron chi connectivity index (χ2n) is 6.52. The summed E-state index contributed by atoms with van der Waals surface area (Å²) in [5, 5.41) is 0. The average Bonchev–Trinajstić information content (AvgIpc) is 2.92. The van der Waals surface area contributed by atoms with Crippen molar-refractivity contribution in [3.05, 3.63) is 35.4 Å². The van der Waals surface area contributed by atoms with Crippen molar-refractivity contribution in [3.63, 3.8) is 0 Å². The molecule has 114 valence electrons. The van der Waals surface area contributed by atoms with Crippen LogP contribution in [0.25, 0.3) is 0 Å². The molecule has 0 spiro atoms. The van der Waals surface area contributed by atoms with E-state index < -0.39 is 0 Å². The van der Waals surface area contributed by atoms with Gasteiger partial charge in [-0.2, -0.15) is 0 Å². The SMILES string of the molecule is COCc1cccc(C(=O)O[C@@H]2[C@@H]3CCO[C@H]3C2(C)C)c1. The van der Waals surface area contributed by atoms with Crippen LogP contribution in [0, 0.1) is 11.3 Å². The predicted molar refractivity (Wildman–Crippen MR) is 78.0 cm³/mol. The van der Waals surface area contributed by atoms with Gasteiger partial charge in [-0.05, 0) is 24.1 Å². The van der Waals surface area contributed by atoms with Gasteiger partial charge in [0.05, 0.1) is 18.3 Å². The third kappa shape index (κ3) is 2.47. The molecule has 1 heterocycles. The van der Waals surface area contributed by atoms with Crippen LogP contribution in [0.2, 0.25) is 0 Å². The molecule has 1 saturated heterocycles. The number of ether oxygens (including phenoxy) is 3. The number of hydrogen-bond donors (Lipinski definition) is 0. The number of benzene rings is 1. The first-order valence-corrected chi connectivity index (χ1v) is 7.44. The van der Waals surface area contributed by atoms with Crippen LogP contribution in [0.5, 0.6) is 0 Å². The zero-order valence-electron chi connectivity index (χ0n) is 12.8. The van der Waals surface area contributed by atoms with Crippen LogP contribution >= 0.6 is 0 Å². The molecule has 1 aromatic rings. The third-order valence-corrected chi connectivity index (χ3v) is 4.70. The molecule has 2 fully saturated rings. The van der Waals surface area contributed by atoms with E-state index in [0.29, 0.717) is 18.1 Å². The molecular formula is C17H22O4. The number of rotatable bonds is 4. The highest BCUT2D eigenvalue weighted by Gasteiger charge is 2.61. The molecule has 1 aliphatic carbocycles. The van der Waals surface area contributed by atoms with Gasteiger partial charge in [0.2, 0.25) is 0 Å². The van der Waals surface area contributed by atoms with Gasteiger partial charge in [0.1, 0.15) is 6.10 Å². The van der Waals surface area contributed by atoms with Crippen LogP contribution in [0.15, 0.2) is 24.3 Å². The van der Waals surface area contributed by atoms with Gasteiger partial charge in [0.25, 0.3) is 0 Å². The molecule has 0 amide bonds. The molecule has 1 saturated carbocycles. The molecule has 3 rings (SSSR count). The monoisotopic (exact) mass is 290 g/mol. The van der Waals surface area contributed by atoms with Crippen molar-refractivity contribution in [3.8, 4) is 0 Å². The maximum atomic E-state index is 12.4. The van der Waals surface area contributed by atoms with Crippen molar-refractivity contribution in [1.82, 2.24) is 0 Å². The lowest BCUT2D eigenvalue weighted by Gasteiger charge is -2.53. The minimum atomic E-state index is -0.253. The summed E-state index contributed by atoms with van der Waals surface area (Å²) in [6, 6.07) is 7.42. The van der Waals surface area contributed by atoms with Crippen LogP contribution in [-0.2, 0) is 20.8 Å². The summed E-state index contributed by atoms with van der Waals surface area (Å²) in [6.07, 6.45) is 1.16. The first-order chi connectivity index (χ1) is 10.0. The fraction of sp³-hybridized carbons (Fsp3) is 0.588. The van der Waals surface area contributed by atoms with Crippen molar-refractivity contribution >= 4 is 5.97 Å². The Labute approximate surface area is 125 Å². The van der Waals surface area contributed by atoms with Crippen molar-refractivity contribution < 1.29 is 19.0 Å². The molecular weight excluding hydrogens is 268 g/mol. The van der Waals surface area contributed by atoms with Gasteiger partial charge in [-0.15, -0.1) is 0 Å². The van der Waals surface area contributed by atoms with E-state index in [1.807, 2.05) is 18.2 Å². The Kier molecular flexibility index (Phi) is 3.76. The summed E-state index contributed by atoms with van der Waals surface area (Å²) in [5.41, 5.74) is 1.46. The minimum absolute atomic E-state index is 0.0522. The molecule has 21 heavy (non-hydrogen) atoms. The van der Waals surface area contributed by atoms with Gasteiger partial charge in [-0.3, -0.25) is 0 Å². The lowest BCUT2D eigenvalue weighted by atomic mass is 9.59. The summed E-state index contributed by atoms with van der Waals surface area (Å²) in [6.45, 7) is 5.49. The smallest absolute Gasteiger partial charge is 0.338 e. The van der Waals surface area contributed by atoms with Crippen LogP contribution in [0.4, 0.5) is 0 Å². The van der Waals surface area contributed by atoms with E-state index in [4.69, 9.17) is 14.2 Å². The number of fused-ring (bicyclic) bond motifs is 1. The van der Waals surface area contributed by atoms with Gasteiger partial charge in [0.15, 0.2) is 0 Å². The molecule has 3 atom stereocenters. The normalized spacial score (nSPS) is 29.6. The molecule has 0 bridgehead atoms. The summed E-state index contributed by atoms with van der Waals surface area (Å²) in [5.74, 6) is 0.0995. The third-order valence-electron chi connectivity index (χ3n) is 4.70. The van der Waals surface area contributed by atoms with Gasteiger partial charge >= 0.3 is 5.97 Å². The van der Waals surface area contributed by atoms with E-state index in [-0.39, 0.29) is 23.6 Å². The van der Waals surface area contributed by atoms with Crippen molar-refractivity contribution in [1.29, 1.82) is 0 Å². The van der Waals surface area contributed by atoms with E-state index >= 15 is 0 Å². The van der Waals surface area contributed by atoms with Gasteiger partial charge in [-0.1, -0.05) is 26.0 Å². The highest BCUT2D eigenvalue weighted by molar-refractivity contribution is 5.89. The first-order valence-electron chi connectivity index (χ1n) is 7.44. The van der Waals surface area contributed by atoms with Crippen molar-refractivity contribution in [2.24, 2.45) is 11.3 Å². The fourth-order valence-electron chi connectivity index (χ4n) is 3.66. The van der Waals surface area contributed by atoms with Gasteiger partial charge in [-0.25, -0.2) is 4.79 Å². The van der Waals surface area contributed by atoms with E-state index in [2.05, 4.69) is 13.8 Å². The molecule has 0 radical (unpaired) electrons. The van der Waals surface area contributed by atoms with Crippen molar-refractivity contribution in [2.75, 3.05) is 13.7 Å². The Morgan fingerprint density at radius 2 is 2.24 bits per heavy atom. The summed E-state index contributed by atoms with van der Waals surface area (Å²) in [7, 11) is 1.64. The molecule has 1 aliphatic heterocycles. The second kappa shape index (κ2) is 5.43. The van der Waals surface area contributed by atoms with E-state index in [0.717, 1.165) is 18.6 Å². The zero-order valence-corrected chi connectivity index (χ0v) is 12.8. The standard InChI is InChI=1S/C17H22O4/c1-17(2)14-13(7-8-20-14)15(17)21-16(18)12-6-4-5-11(9-12)10-19-3/h4-6,9,13-15H,7-8,10H2,1-3H3/t13-,14-,15-/m1/s1. The van der Waals surface area contributed by atoms with Gasteiger partial charge < -0.3 is 14.2 Å². The molecule has 0 unspecified atom stereocenters. The Hall–Kier alpha value is -1.39. The summed E-state index contributed by atoms with van der Waals surface area (Å²) < 4.78 is 16.6. The Morgan fingerprint density at radius 3 is 3.00 bits per heavy atom. The van der Waals surface area contributed by atoms with E-state index in [9.17, 15) is 4.79 Å². The quantitative estimate of drug-likeness (QED) is 0.800. The minimum Gasteiger partial charge on any atom is -0.458 e. The van der Waals surface area contributed by atoms with Crippen LogP contribution < -0.4 is 0 Å². The van der Waals surface area contributed by atoms with Crippen LogP contribution in [0.1, 0.15) is 36.2 Å². The Balaban J connectivity index is 1.70. The Bertz CT molecular complexity index is 537. The lowest BCUT2D eigenvalue weighted by molar-refractivity contribution is -0.183. The molecule has 0 N–H and O–H groups in total. The number of methoxy groups -OCH3 is 1. The molecule has 0 aromatic heterocycles. The molecule has 1 aromatic carbocycles. The van der Waals surface area contributed by atoms with Gasteiger partial charge in [0, 0.05) is 25.0 Å². The molecule has 2 aliphatic rings. The lowest BCUT2D eigenvalue weighted by Crippen LogP contribution is -2.61. The maximum Gasteiger partial charge on any atom is 0.338 e. The van der Waals surface area contributed by atoms with Crippen molar-refractivity contribution in [2.45, 2.75) is 39.1 Å². The number of carbonyl (C=O) groups excluding carboxylic acids is 1. The number of hydrogen-bond acceptors (Lipinski definition) is 4.